The van der Waals surface area contributed by atoms with Gasteiger partial charge in [-0.05, 0) is 25.0 Å². The molecule has 0 unspecified atom stereocenters. The molecule has 0 bridgehead atoms. The van der Waals surface area contributed by atoms with E-state index >= 15 is 0 Å². The van der Waals surface area contributed by atoms with Crippen molar-refractivity contribution < 1.29 is 9.59 Å². The minimum absolute atomic E-state index is 0.00332. The topological polar surface area (TPSA) is 59.1 Å². The van der Waals surface area contributed by atoms with Crippen LogP contribution < -0.4 is 5.32 Å². The van der Waals surface area contributed by atoms with Gasteiger partial charge in [-0.15, -0.1) is 0 Å². The van der Waals surface area contributed by atoms with Gasteiger partial charge in [0.05, 0.1) is 12.2 Å². The molecule has 1 aliphatic rings. The van der Waals surface area contributed by atoms with Gasteiger partial charge in [0.15, 0.2) is 0 Å². The van der Waals surface area contributed by atoms with Crippen LogP contribution >= 0.6 is 0 Å². The zero-order valence-corrected chi connectivity index (χ0v) is 9.69. The molecule has 0 atom stereocenters. The summed E-state index contributed by atoms with van der Waals surface area (Å²) in [6.45, 7) is 0.462. The van der Waals surface area contributed by atoms with Gasteiger partial charge in [-0.2, -0.15) is 0 Å². The predicted molar refractivity (Wildman–Crippen MR) is 63.0 cm³/mol. The van der Waals surface area contributed by atoms with E-state index in [0.29, 0.717) is 32.2 Å². The second-order valence-electron chi connectivity index (χ2n) is 4.35. The molecule has 90 valence electrons. The molecular formula is C13H16N2O2. The van der Waals surface area contributed by atoms with E-state index < -0.39 is 0 Å². The fraction of sp³-hybridized carbons (Fsp3) is 0.462. The van der Waals surface area contributed by atoms with Gasteiger partial charge in [-0.1, -0.05) is 6.07 Å². The number of ketones is 1. The quantitative estimate of drug-likeness (QED) is 0.858. The standard InChI is InChI=1S/C13H16N2O2/c16-12-6-4-10(5-7-12)13(17)15-9-11-3-1-2-8-14-11/h1-3,8,10H,4-7,9H2,(H,15,17). The van der Waals surface area contributed by atoms with Crippen LogP contribution in [0.25, 0.3) is 0 Å². The van der Waals surface area contributed by atoms with Crippen LogP contribution in [0.4, 0.5) is 0 Å². The van der Waals surface area contributed by atoms with E-state index in [9.17, 15) is 9.59 Å². The van der Waals surface area contributed by atoms with Crippen LogP contribution in [0.1, 0.15) is 31.4 Å². The summed E-state index contributed by atoms with van der Waals surface area (Å²) < 4.78 is 0. The first-order chi connectivity index (χ1) is 8.25. The van der Waals surface area contributed by atoms with Crippen molar-refractivity contribution in [2.24, 2.45) is 5.92 Å². The molecule has 0 saturated heterocycles. The Balaban J connectivity index is 1.80. The maximum atomic E-state index is 11.8. The molecule has 0 aromatic carbocycles. The zero-order valence-electron chi connectivity index (χ0n) is 9.69. The van der Waals surface area contributed by atoms with Crippen molar-refractivity contribution in [3.63, 3.8) is 0 Å². The minimum atomic E-state index is -0.00332. The molecule has 1 amide bonds. The van der Waals surface area contributed by atoms with Crippen LogP contribution in [0.15, 0.2) is 24.4 Å². The maximum Gasteiger partial charge on any atom is 0.223 e. The Labute approximate surface area is 100 Å². The molecule has 1 saturated carbocycles. The first-order valence-corrected chi connectivity index (χ1v) is 5.95. The van der Waals surface area contributed by atoms with E-state index in [4.69, 9.17) is 0 Å². The van der Waals surface area contributed by atoms with Gasteiger partial charge in [0.1, 0.15) is 5.78 Å². The van der Waals surface area contributed by atoms with Crippen molar-refractivity contribution in [1.29, 1.82) is 0 Å². The number of carbonyl (C=O) groups is 2. The van der Waals surface area contributed by atoms with Gasteiger partial charge in [0.25, 0.3) is 0 Å². The molecule has 17 heavy (non-hydrogen) atoms. The lowest BCUT2D eigenvalue weighted by atomic mass is 9.88. The largest absolute Gasteiger partial charge is 0.350 e. The Kier molecular flexibility index (Phi) is 3.85. The normalized spacial score (nSPS) is 16.8. The van der Waals surface area contributed by atoms with Crippen molar-refractivity contribution in [2.75, 3.05) is 0 Å². The highest BCUT2D eigenvalue weighted by molar-refractivity contribution is 5.84. The molecule has 1 fully saturated rings. The Bertz CT molecular complexity index is 393. The molecule has 0 spiro atoms. The number of nitrogens with one attached hydrogen (secondary N) is 1. The number of hydrogen-bond donors (Lipinski definition) is 1. The molecule has 4 nitrogen and oxygen atoms in total. The van der Waals surface area contributed by atoms with Gasteiger partial charge in [0.2, 0.25) is 5.91 Å². The average molecular weight is 232 g/mol. The highest BCUT2D eigenvalue weighted by Crippen LogP contribution is 2.21. The number of pyridine rings is 1. The van der Waals surface area contributed by atoms with E-state index in [1.54, 1.807) is 6.20 Å². The summed E-state index contributed by atoms with van der Waals surface area (Å²) in [6.07, 6.45) is 4.17. The summed E-state index contributed by atoms with van der Waals surface area (Å²) in [6, 6.07) is 5.62. The van der Waals surface area contributed by atoms with Crippen molar-refractivity contribution in [3.8, 4) is 0 Å². The van der Waals surface area contributed by atoms with Crippen LogP contribution in [-0.4, -0.2) is 16.7 Å². The van der Waals surface area contributed by atoms with E-state index in [2.05, 4.69) is 10.3 Å². The molecule has 1 aromatic heterocycles. The average Bonchev–Trinajstić information content (AvgIpc) is 2.38. The number of hydrogen-bond acceptors (Lipinski definition) is 3. The summed E-state index contributed by atoms with van der Waals surface area (Å²) in [5, 5.41) is 2.87. The summed E-state index contributed by atoms with van der Waals surface area (Å²) in [5.41, 5.74) is 0.854. The fourth-order valence-corrected chi connectivity index (χ4v) is 2.03. The monoisotopic (exact) mass is 232 g/mol. The third-order valence-electron chi connectivity index (χ3n) is 3.08. The van der Waals surface area contributed by atoms with Gasteiger partial charge in [-0.3, -0.25) is 14.6 Å². The van der Waals surface area contributed by atoms with Crippen LogP contribution in [-0.2, 0) is 16.1 Å². The molecule has 2 rings (SSSR count). The second kappa shape index (κ2) is 5.57. The number of aromatic nitrogens is 1. The van der Waals surface area contributed by atoms with E-state index in [1.165, 1.54) is 0 Å². The molecule has 4 heteroatoms. The number of nitrogens with zero attached hydrogens (tertiary/aromatic N) is 1. The van der Waals surface area contributed by atoms with Crippen molar-refractivity contribution in [3.05, 3.63) is 30.1 Å². The highest BCUT2D eigenvalue weighted by Gasteiger charge is 2.24. The molecule has 1 heterocycles. The first kappa shape index (κ1) is 11.8. The second-order valence-corrected chi connectivity index (χ2v) is 4.35. The van der Waals surface area contributed by atoms with Crippen LogP contribution in [0.3, 0.4) is 0 Å². The molecule has 1 aliphatic carbocycles. The van der Waals surface area contributed by atoms with Crippen LogP contribution in [0.5, 0.6) is 0 Å². The smallest absolute Gasteiger partial charge is 0.223 e. The zero-order chi connectivity index (χ0) is 12.1. The maximum absolute atomic E-state index is 11.8. The fourth-order valence-electron chi connectivity index (χ4n) is 2.03. The van der Waals surface area contributed by atoms with Crippen molar-refractivity contribution in [1.82, 2.24) is 10.3 Å². The molecule has 0 radical (unpaired) electrons. The van der Waals surface area contributed by atoms with Gasteiger partial charge < -0.3 is 5.32 Å². The van der Waals surface area contributed by atoms with Crippen molar-refractivity contribution in [2.45, 2.75) is 32.2 Å². The van der Waals surface area contributed by atoms with Gasteiger partial charge in [-0.25, -0.2) is 0 Å². The molecule has 1 N–H and O–H groups in total. The molecule has 1 aromatic rings. The van der Waals surface area contributed by atoms with E-state index in [-0.39, 0.29) is 17.6 Å². The Morgan fingerprint density at radius 1 is 1.35 bits per heavy atom. The number of amides is 1. The molecular weight excluding hydrogens is 216 g/mol. The lowest BCUT2D eigenvalue weighted by Gasteiger charge is -2.19. The van der Waals surface area contributed by atoms with Crippen LogP contribution in [0, 0.1) is 5.92 Å². The Morgan fingerprint density at radius 2 is 2.12 bits per heavy atom. The van der Waals surface area contributed by atoms with Crippen molar-refractivity contribution >= 4 is 11.7 Å². The minimum Gasteiger partial charge on any atom is -0.350 e. The number of Topliss-reactive ketones (excluding diaryl/α,β-unsaturated/α-hetero) is 1. The first-order valence-electron chi connectivity index (χ1n) is 5.95. The van der Waals surface area contributed by atoms with E-state index in [1.807, 2.05) is 18.2 Å². The van der Waals surface area contributed by atoms with E-state index in [0.717, 1.165) is 5.69 Å². The predicted octanol–water partition coefficient (Wildman–Crippen LogP) is 1.46. The summed E-state index contributed by atoms with van der Waals surface area (Å²) in [5.74, 6) is 0.318. The number of carbonyl (C=O) groups excluding carboxylic acids is 2. The SMILES string of the molecule is O=C1CCC(C(=O)NCc2ccccn2)CC1. The summed E-state index contributed by atoms with van der Waals surface area (Å²) >= 11 is 0. The third-order valence-corrected chi connectivity index (χ3v) is 3.08. The van der Waals surface area contributed by atoms with Gasteiger partial charge in [0, 0.05) is 25.0 Å². The lowest BCUT2D eigenvalue weighted by Crippen LogP contribution is -2.33. The lowest BCUT2D eigenvalue weighted by molar-refractivity contribution is -0.128. The molecule has 0 aliphatic heterocycles. The Hall–Kier alpha value is -1.71. The highest BCUT2D eigenvalue weighted by atomic mass is 16.2. The number of rotatable bonds is 3. The van der Waals surface area contributed by atoms with Gasteiger partial charge >= 0.3 is 0 Å². The summed E-state index contributed by atoms with van der Waals surface area (Å²) in [4.78, 5) is 27.0. The summed E-state index contributed by atoms with van der Waals surface area (Å²) in [7, 11) is 0. The van der Waals surface area contributed by atoms with Crippen LogP contribution in [0.2, 0.25) is 0 Å². The third kappa shape index (κ3) is 3.37. The Morgan fingerprint density at radius 3 is 2.76 bits per heavy atom.